The topological polar surface area (TPSA) is 58.3 Å². The molecule has 1 saturated heterocycles. The van der Waals surface area contributed by atoms with Crippen LogP contribution in [0.4, 0.5) is 23.4 Å². The Morgan fingerprint density at radius 2 is 1.65 bits per heavy atom. The highest BCUT2D eigenvalue weighted by molar-refractivity contribution is 5.40. The summed E-state index contributed by atoms with van der Waals surface area (Å²) in [5, 5.41) is 4.31. The summed E-state index contributed by atoms with van der Waals surface area (Å²) in [4.78, 5) is 12.9. The van der Waals surface area contributed by atoms with E-state index >= 15 is 0 Å². The molecule has 2 fully saturated rings. The van der Waals surface area contributed by atoms with Crippen molar-refractivity contribution in [1.29, 1.82) is 0 Å². The van der Waals surface area contributed by atoms with Gasteiger partial charge in [-0.25, -0.2) is 9.37 Å². The van der Waals surface area contributed by atoms with E-state index in [9.17, 15) is 17.6 Å². The van der Waals surface area contributed by atoms with Crippen LogP contribution in [0.25, 0.3) is 0 Å². The van der Waals surface area contributed by atoms with Gasteiger partial charge in [0.1, 0.15) is 11.6 Å². The Bertz CT molecular complexity index is 1100. The molecule has 0 atom stereocenters. The van der Waals surface area contributed by atoms with E-state index in [2.05, 4.69) is 15.0 Å². The van der Waals surface area contributed by atoms with Crippen LogP contribution >= 0.6 is 0 Å². The molecule has 1 aliphatic carbocycles. The average molecular weight is 475 g/mol. The Morgan fingerprint density at radius 3 is 2.26 bits per heavy atom. The van der Waals surface area contributed by atoms with Crippen molar-refractivity contribution in [1.82, 2.24) is 20.0 Å². The molecular weight excluding hydrogens is 450 g/mol. The minimum Gasteiger partial charge on any atom is -0.354 e. The van der Waals surface area contributed by atoms with Crippen LogP contribution in [0.5, 0.6) is 0 Å². The molecule has 5 rings (SSSR count). The Labute approximate surface area is 194 Å². The number of pyridine rings is 1. The predicted octanol–water partition coefficient (Wildman–Crippen LogP) is 4.80. The summed E-state index contributed by atoms with van der Waals surface area (Å²) in [5.41, 5.74) is -0.0817. The van der Waals surface area contributed by atoms with E-state index in [4.69, 9.17) is 9.51 Å². The summed E-state index contributed by atoms with van der Waals surface area (Å²) in [6.07, 6.45) is 0.401. The molecular formula is C24H25F4N5O. The van der Waals surface area contributed by atoms with Crippen molar-refractivity contribution >= 4 is 5.82 Å². The molecule has 2 aromatic heterocycles. The van der Waals surface area contributed by atoms with E-state index in [1.54, 1.807) is 0 Å². The maximum atomic E-state index is 13.5. The zero-order chi connectivity index (χ0) is 23.8. The minimum atomic E-state index is -4.39. The first-order valence-corrected chi connectivity index (χ1v) is 11.4. The number of benzene rings is 1. The summed E-state index contributed by atoms with van der Waals surface area (Å²) in [7, 11) is 0. The van der Waals surface area contributed by atoms with Gasteiger partial charge in [-0.1, -0.05) is 30.1 Å². The van der Waals surface area contributed by atoms with Crippen LogP contribution in [0, 0.1) is 5.82 Å². The lowest BCUT2D eigenvalue weighted by atomic mass is 9.78. The van der Waals surface area contributed by atoms with Crippen LogP contribution in [0.2, 0.25) is 0 Å². The number of hydrogen-bond donors (Lipinski definition) is 0. The van der Waals surface area contributed by atoms with Crippen LogP contribution in [-0.2, 0) is 18.1 Å². The fraction of sp³-hybridized carbons (Fsp3) is 0.458. The molecule has 0 bridgehead atoms. The third-order valence-electron chi connectivity index (χ3n) is 6.88. The van der Waals surface area contributed by atoms with Gasteiger partial charge in [0.15, 0.2) is 5.82 Å². The van der Waals surface area contributed by atoms with Crippen LogP contribution in [-0.4, -0.2) is 46.2 Å². The molecule has 3 heterocycles. The third-order valence-corrected chi connectivity index (χ3v) is 6.88. The first-order chi connectivity index (χ1) is 16.3. The van der Waals surface area contributed by atoms with Gasteiger partial charge in [-0.2, -0.15) is 18.2 Å². The molecule has 1 saturated carbocycles. The van der Waals surface area contributed by atoms with Crippen molar-refractivity contribution in [3.8, 4) is 0 Å². The summed E-state index contributed by atoms with van der Waals surface area (Å²) in [6, 6.07) is 9.05. The van der Waals surface area contributed by atoms with Crippen LogP contribution in [0.15, 0.2) is 47.1 Å². The lowest BCUT2D eigenvalue weighted by molar-refractivity contribution is -0.137. The van der Waals surface area contributed by atoms with Crippen LogP contribution in [0.1, 0.15) is 48.5 Å². The molecule has 0 N–H and O–H groups in total. The monoisotopic (exact) mass is 475 g/mol. The van der Waals surface area contributed by atoms with E-state index in [-0.39, 0.29) is 11.2 Å². The zero-order valence-electron chi connectivity index (χ0n) is 18.6. The third kappa shape index (κ3) is 4.51. The largest absolute Gasteiger partial charge is 0.417 e. The highest BCUT2D eigenvalue weighted by atomic mass is 19.4. The van der Waals surface area contributed by atoms with Gasteiger partial charge in [-0.05, 0) is 42.7 Å². The molecule has 0 unspecified atom stereocenters. The van der Waals surface area contributed by atoms with Gasteiger partial charge < -0.3 is 9.42 Å². The van der Waals surface area contributed by atoms with Crippen molar-refractivity contribution in [2.45, 2.75) is 43.8 Å². The number of aromatic nitrogens is 3. The Hall–Kier alpha value is -3.01. The molecule has 34 heavy (non-hydrogen) atoms. The number of hydrogen-bond acceptors (Lipinski definition) is 6. The van der Waals surface area contributed by atoms with Gasteiger partial charge in [-0.15, -0.1) is 0 Å². The lowest BCUT2D eigenvalue weighted by Gasteiger charge is -2.34. The molecule has 10 heteroatoms. The molecule has 0 amide bonds. The summed E-state index contributed by atoms with van der Waals surface area (Å²) in [6.45, 7) is 3.17. The Morgan fingerprint density at radius 1 is 0.941 bits per heavy atom. The van der Waals surface area contributed by atoms with Crippen molar-refractivity contribution < 1.29 is 22.1 Å². The van der Waals surface area contributed by atoms with Gasteiger partial charge in [0.05, 0.1) is 17.5 Å². The summed E-state index contributed by atoms with van der Waals surface area (Å²) in [5.74, 6) is 1.45. The highest BCUT2D eigenvalue weighted by Gasteiger charge is 2.41. The Balaban J connectivity index is 1.22. The van der Waals surface area contributed by atoms with Crippen molar-refractivity contribution in [3.63, 3.8) is 0 Å². The number of anilines is 1. The van der Waals surface area contributed by atoms with E-state index in [1.165, 1.54) is 18.2 Å². The first kappa shape index (κ1) is 22.8. The molecule has 0 radical (unpaired) electrons. The van der Waals surface area contributed by atoms with E-state index < -0.39 is 11.7 Å². The normalized spacial score (nSPS) is 19.0. The van der Waals surface area contributed by atoms with Crippen molar-refractivity contribution in [3.05, 3.63) is 71.3 Å². The van der Waals surface area contributed by atoms with Gasteiger partial charge in [0.25, 0.3) is 0 Å². The molecule has 1 aliphatic heterocycles. The number of alkyl halides is 3. The highest BCUT2D eigenvalue weighted by Crippen LogP contribution is 2.45. The quantitative estimate of drug-likeness (QED) is 0.494. The second kappa shape index (κ2) is 8.98. The van der Waals surface area contributed by atoms with E-state index in [1.807, 2.05) is 17.0 Å². The van der Waals surface area contributed by atoms with Crippen LogP contribution in [0.3, 0.4) is 0 Å². The second-order valence-electron chi connectivity index (χ2n) is 8.97. The first-order valence-electron chi connectivity index (χ1n) is 11.4. The molecule has 1 aromatic carbocycles. The van der Waals surface area contributed by atoms with Crippen molar-refractivity contribution in [2.24, 2.45) is 0 Å². The molecule has 2 aliphatic rings. The number of nitrogens with zero attached hydrogens (tertiary/aromatic N) is 5. The minimum absolute atomic E-state index is 0.267. The molecule has 6 nitrogen and oxygen atoms in total. The SMILES string of the molecule is Fc1ccc(C2(c3noc(CN4CCN(c5ccc(C(F)(F)F)cn5)CC4)n3)CCCC2)cc1. The number of halogens is 4. The van der Waals surface area contributed by atoms with E-state index in [0.29, 0.717) is 50.3 Å². The fourth-order valence-electron chi connectivity index (χ4n) is 4.97. The lowest BCUT2D eigenvalue weighted by Crippen LogP contribution is -2.46. The standard InChI is InChI=1S/C24H25F4N5O/c25-19-6-3-17(4-7-19)23(9-1-2-10-23)22-30-21(34-31-22)16-32-11-13-33(14-12-32)20-8-5-18(15-29-20)24(26,27)28/h3-8,15H,1-2,9-14,16H2. The van der Waals surface area contributed by atoms with Crippen LogP contribution < -0.4 is 4.90 Å². The van der Waals surface area contributed by atoms with E-state index in [0.717, 1.165) is 43.5 Å². The molecule has 0 spiro atoms. The van der Waals surface area contributed by atoms with Gasteiger partial charge in [-0.3, -0.25) is 4.90 Å². The maximum Gasteiger partial charge on any atom is 0.417 e. The number of piperazine rings is 1. The van der Waals surface area contributed by atoms with Crippen molar-refractivity contribution in [2.75, 3.05) is 31.1 Å². The van der Waals surface area contributed by atoms with Gasteiger partial charge in [0, 0.05) is 32.4 Å². The number of rotatable bonds is 5. The predicted molar refractivity (Wildman–Crippen MR) is 117 cm³/mol. The molecule has 3 aromatic rings. The maximum absolute atomic E-state index is 13.5. The summed E-state index contributed by atoms with van der Waals surface area (Å²) < 4.78 is 57.3. The summed E-state index contributed by atoms with van der Waals surface area (Å²) >= 11 is 0. The molecule has 180 valence electrons. The second-order valence-corrected chi connectivity index (χ2v) is 8.97. The smallest absolute Gasteiger partial charge is 0.354 e. The average Bonchev–Trinajstić information content (AvgIpc) is 3.50. The van der Waals surface area contributed by atoms with Gasteiger partial charge >= 0.3 is 6.18 Å². The zero-order valence-corrected chi connectivity index (χ0v) is 18.6. The Kier molecular flexibility index (Phi) is 6.01. The fourth-order valence-corrected chi connectivity index (χ4v) is 4.97. The van der Waals surface area contributed by atoms with Gasteiger partial charge in [0.2, 0.25) is 5.89 Å².